The summed E-state index contributed by atoms with van der Waals surface area (Å²) in [4.78, 5) is 0.0606. The van der Waals surface area contributed by atoms with Crippen LogP contribution in [0.25, 0.3) is 0 Å². The zero-order chi connectivity index (χ0) is 11.6. The van der Waals surface area contributed by atoms with E-state index in [1.165, 1.54) is 11.8 Å². The largest absolute Gasteiger partial charge is 0.399 e. The van der Waals surface area contributed by atoms with Gasteiger partial charge in [0.05, 0.1) is 4.90 Å². The molecule has 15 heavy (non-hydrogen) atoms. The number of hydrogen-bond acceptors (Lipinski definition) is 2. The standard InChI is InChI=1S/C11H15F2NS/c1-6(2)7(3)15-11-9(12)4-8(14)5-10(11)13/h4-7H,14H2,1-3H3. The molecule has 2 N–H and O–H groups in total. The highest BCUT2D eigenvalue weighted by Gasteiger charge is 2.16. The van der Waals surface area contributed by atoms with Crippen LogP contribution in [-0.2, 0) is 0 Å². The first-order valence-electron chi connectivity index (χ1n) is 4.83. The summed E-state index contributed by atoms with van der Waals surface area (Å²) in [6, 6.07) is 2.30. The van der Waals surface area contributed by atoms with Gasteiger partial charge >= 0.3 is 0 Å². The van der Waals surface area contributed by atoms with Gasteiger partial charge in [0.1, 0.15) is 11.6 Å². The minimum atomic E-state index is -0.579. The quantitative estimate of drug-likeness (QED) is 0.634. The smallest absolute Gasteiger partial charge is 0.141 e. The second kappa shape index (κ2) is 4.84. The van der Waals surface area contributed by atoms with E-state index in [0.29, 0.717) is 5.92 Å². The predicted molar refractivity (Wildman–Crippen MR) is 60.9 cm³/mol. The van der Waals surface area contributed by atoms with Gasteiger partial charge in [-0.3, -0.25) is 0 Å². The normalized spacial score (nSPS) is 13.2. The first kappa shape index (κ1) is 12.3. The van der Waals surface area contributed by atoms with Crippen molar-refractivity contribution in [2.75, 3.05) is 5.73 Å². The van der Waals surface area contributed by atoms with Crippen LogP contribution in [0.3, 0.4) is 0 Å². The van der Waals surface area contributed by atoms with Crippen molar-refractivity contribution in [1.82, 2.24) is 0 Å². The molecule has 0 bridgehead atoms. The first-order chi connectivity index (χ1) is 6.91. The van der Waals surface area contributed by atoms with Crippen molar-refractivity contribution in [3.63, 3.8) is 0 Å². The Morgan fingerprint density at radius 3 is 2.00 bits per heavy atom. The predicted octanol–water partition coefficient (Wildman–Crippen LogP) is 3.68. The SMILES string of the molecule is CC(C)C(C)Sc1c(F)cc(N)cc1F. The van der Waals surface area contributed by atoms with E-state index in [9.17, 15) is 8.78 Å². The van der Waals surface area contributed by atoms with Crippen LogP contribution in [0.1, 0.15) is 20.8 Å². The summed E-state index contributed by atoms with van der Waals surface area (Å²) in [6.45, 7) is 5.99. The van der Waals surface area contributed by atoms with Gasteiger partial charge in [-0.15, -0.1) is 11.8 Å². The first-order valence-corrected chi connectivity index (χ1v) is 5.71. The summed E-state index contributed by atoms with van der Waals surface area (Å²) < 4.78 is 26.8. The molecule has 0 aliphatic heterocycles. The van der Waals surface area contributed by atoms with Crippen molar-refractivity contribution in [3.05, 3.63) is 23.8 Å². The molecular formula is C11H15F2NS. The zero-order valence-electron chi connectivity index (χ0n) is 9.05. The van der Waals surface area contributed by atoms with Crippen molar-refractivity contribution < 1.29 is 8.78 Å². The number of anilines is 1. The van der Waals surface area contributed by atoms with Crippen molar-refractivity contribution in [2.24, 2.45) is 5.92 Å². The molecule has 0 radical (unpaired) electrons. The summed E-state index contributed by atoms with van der Waals surface area (Å²) in [7, 11) is 0. The average molecular weight is 231 g/mol. The molecule has 4 heteroatoms. The Morgan fingerprint density at radius 2 is 1.60 bits per heavy atom. The van der Waals surface area contributed by atoms with Gasteiger partial charge in [0.25, 0.3) is 0 Å². The van der Waals surface area contributed by atoms with Crippen LogP contribution in [0.5, 0.6) is 0 Å². The van der Waals surface area contributed by atoms with E-state index in [1.807, 2.05) is 20.8 Å². The van der Waals surface area contributed by atoms with Gasteiger partial charge in [0.2, 0.25) is 0 Å². The fourth-order valence-electron chi connectivity index (χ4n) is 1.01. The van der Waals surface area contributed by atoms with Crippen molar-refractivity contribution >= 4 is 17.4 Å². The summed E-state index contributed by atoms with van der Waals surface area (Å²) in [6.07, 6.45) is 0. The molecule has 0 spiro atoms. The fraction of sp³-hybridized carbons (Fsp3) is 0.455. The lowest BCUT2D eigenvalue weighted by atomic mass is 10.2. The molecule has 0 aromatic heterocycles. The van der Waals surface area contributed by atoms with Gasteiger partial charge in [-0.25, -0.2) is 8.78 Å². The monoisotopic (exact) mass is 231 g/mol. The molecule has 0 fully saturated rings. The fourth-order valence-corrected chi connectivity index (χ4v) is 2.00. The number of nitrogen functional groups attached to an aromatic ring is 1. The Hall–Kier alpha value is -0.770. The molecule has 1 rings (SSSR count). The molecule has 0 aliphatic rings. The second-order valence-electron chi connectivity index (χ2n) is 3.88. The molecule has 1 aromatic carbocycles. The van der Waals surface area contributed by atoms with Gasteiger partial charge < -0.3 is 5.73 Å². The van der Waals surface area contributed by atoms with Crippen LogP contribution in [0, 0.1) is 17.6 Å². The molecule has 1 atom stereocenters. The molecule has 0 amide bonds. The van der Waals surface area contributed by atoms with Crippen LogP contribution in [0.15, 0.2) is 17.0 Å². The van der Waals surface area contributed by atoms with Gasteiger partial charge in [-0.05, 0) is 18.1 Å². The molecule has 0 heterocycles. The van der Waals surface area contributed by atoms with Crippen LogP contribution in [-0.4, -0.2) is 5.25 Å². The number of thioether (sulfide) groups is 1. The summed E-state index contributed by atoms with van der Waals surface area (Å²) in [5.41, 5.74) is 5.45. The van der Waals surface area contributed by atoms with E-state index in [4.69, 9.17) is 5.73 Å². The number of halogens is 2. The third kappa shape index (κ3) is 3.09. The molecule has 0 saturated carbocycles. The third-order valence-electron chi connectivity index (χ3n) is 2.26. The number of hydrogen-bond donors (Lipinski definition) is 1. The van der Waals surface area contributed by atoms with Crippen LogP contribution >= 0.6 is 11.8 Å². The Balaban J connectivity index is 2.95. The topological polar surface area (TPSA) is 26.0 Å². The summed E-state index contributed by atoms with van der Waals surface area (Å²) in [5.74, 6) is -0.790. The van der Waals surface area contributed by atoms with Crippen LogP contribution in [0.2, 0.25) is 0 Å². The van der Waals surface area contributed by atoms with Gasteiger partial charge in [-0.1, -0.05) is 20.8 Å². The van der Waals surface area contributed by atoms with Gasteiger partial charge in [-0.2, -0.15) is 0 Å². The molecule has 0 saturated heterocycles. The van der Waals surface area contributed by atoms with Crippen LogP contribution in [0.4, 0.5) is 14.5 Å². The second-order valence-corrected chi connectivity index (χ2v) is 5.27. The number of rotatable bonds is 3. The molecule has 1 aromatic rings. The Labute approximate surface area is 93.1 Å². The average Bonchev–Trinajstić information content (AvgIpc) is 2.10. The van der Waals surface area contributed by atoms with E-state index in [0.717, 1.165) is 12.1 Å². The minimum Gasteiger partial charge on any atom is -0.399 e. The van der Waals surface area contributed by atoms with Crippen molar-refractivity contribution in [1.29, 1.82) is 0 Å². The maximum Gasteiger partial charge on any atom is 0.141 e. The van der Waals surface area contributed by atoms with E-state index >= 15 is 0 Å². The third-order valence-corrected chi connectivity index (χ3v) is 3.81. The number of nitrogens with two attached hydrogens (primary N) is 1. The Bertz CT molecular complexity index is 329. The Morgan fingerprint density at radius 1 is 1.13 bits per heavy atom. The van der Waals surface area contributed by atoms with Gasteiger partial charge in [0.15, 0.2) is 0 Å². The van der Waals surface area contributed by atoms with E-state index in [1.54, 1.807) is 0 Å². The minimum absolute atomic E-state index is 0.0606. The van der Waals surface area contributed by atoms with Crippen molar-refractivity contribution in [2.45, 2.75) is 30.9 Å². The van der Waals surface area contributed by atoms with E-state index in [-0.39, 0.29) is 15.8 Å². The highest BCUT2D eigenvalue weighted by Crippen LogP contribution is 2.32. The van der Waals surface area contributed by atoms with E-state index in [2.05, 4.69) is 0 Å². The lowest BCUT2D eigenvalue weighted by molar-refractivity contribution is 0.539. The number of benzene rings is 1. The summed E-state index contributed by atoms with van der Waals surface area (Å²) >= 11 is 1.21. The maximum atomic E-state index is 13.4. The molecule has 84 valence electrons. The lowest BCUT2D eigenvalue weighted by Crippen LogP contribution is -2.07. The maximum absolute atomic E-state index is 13.4. The molecule has 1 nitrogen and oxygen atoms in total. The molecule has 0 aliphatic carbocycles. The van der Waals surface area contributed by atoms with Crippen molar-refractivity contribution in [3.8, 4) is 0 Å². The van der Waals surface area contributed by atoms with Gasteiger partial charge in [0, 0.05) is 10.9 Å². The molecule has 1 unspecified atom stereocenters. The van der Waals surface area contributed by atoms with Crippen LogP contribution < -0.4 is 5.73 Å². The van der Waals surface area contributed by atoms with E-state index < -0.39 is 11.6 Å². The highest BCUT2D eigenvalue weighted by atomic mass is 32.2. The zero-order valence-corrected chi connectivity index (χ0v) is 9.87. The Kier molecular flexibility index (Phi) is 3.97. The molecular weight excluding hydrogens is 216 g/mol. The highest BCUT2D eigenvalue weighted by molar-refractivity contribution is 8.00. The summed E-state index contributed by atoms with van der Waals surface area (Å²) in [5, 5.41) is 0.164. The lowest BCUT2D eigenvalue weighted by Gasteiger charge is -2.15.